The molecule has 0 amide bonds. The first-order valence-corrected chi connectivity index (χ1v) is 11.1. The third kappa shape index (κ3) is 13.6. The van der Waals surface area contributed by atoms with Gasteiger partial charge in [-0.3, -0.25) is 9.80 Å². The molecule has 0 saturated carbocycles. The third-order valence-corrected chi connectivity index (χ3v) is 5.19. The Balaban J connectivity index is 1.94. The summed E-state index contributed by atoms with van der Waals surface area (Å²) in [7, 11) is 0. The maximum Gasteiger partial charge on any atom is 0.0602 e. The van der Waals surface area contributed by atoms with Crippen LogP contribution in [-0.4, -0.2) is 105 Å². The molecule has 156 valence electrons. The van der Waals surface area contributed by atoms with Crippen molar-refractivity contribution < 1.29 is 9.47 Å². The summed E-state index contributed by atoms with van der Waals surface area (Å²) in [6.07, 6.45) is 0. The normalized spacial score (nSPS) is 17.3. The summed E-state index contributed by atoms with van der Waals surface area (Å²) >= 11 is 2.41. The largest absolute Gasteiger partial charge is 0.379 e. The highest BCUT2D eigenvalue weighted by Gasteiger charge is 2.16. The van der Waals surface area contributed by atoms with Gasteiger partial charge in [0.2, 0.25) is 0 Å². The summed E-state index contributed by atoms with van der Waals surface area (Å²) in [6.45, 7) is 23.0. The molecule has 1 saturated heterocycles. The van der Waals surface area contributed by atoms with Gasteiger partial charge in [0, 0.05) is 81.8 Å². The molecule has 0 aromatic rings. The summed E-state index contributed by atoms with van der Waals surface area (Å²) in [5, 5.41) is 3.28. The van der Waals surface area contributed by atoms with E-state index in [9.17, 15) is 0 Å². The molecule has 1 aliphatic rings. The van der Waals surface area contributed by atoms with Crippen LogP contribution >= 0.6 is 22.9 Å². The second-order valence-corrected chi connectivity index (χ2v) is 9.53. The molecule has 0 spiro atoms. The predicted molar refractivity (Wildman–Crippen MR) is 118 cm³/mol. The lowest BCUT2D eigenvalue weighted by molar-refractivity contribution is 0.0557. The monoisotopic (exact) mass is 484 g/mol. The fourth-order valence-electron chi connectivity index (χ4n) is 2.91. The zero-order valence-corrected chi connectivity index (χ0v) is 19.6. The smallest absolute Gasteiger partial charge is 0.0602 e. The van der Waals surface area contributed by atoms with Gasteiger partial charge in [0.15, 0.2) is 0 Å². The first-order valence-electron chi connectivity index (χ1n) is 10.1. The van der Waals surface area contributed by atoms with Gasteiger partial charge in [-0.2, -0.15) is 0 Å². The number of hydrogen-bond acceptors (Lipinski definition) is 6. The van der Waals surface area contributed by atoms with E-state index in [1.54, 1.807) is 0 Å². The maximum atomic E-state index is 5.83. The standard InChI is InChI=1S/C19H41IN4O2/c1-5-21-6-14-25-15-11-22-7-9-23(10-8-22)12-16-26-17-13-24(20)18-19(2,3)4/h21H,5-18H2,1-4H3. The first-order chi connectivity index (χ1) is 12.4. The van der Waals surface area contributed by atoms with E-state index >= 15 is 0 Å². The average Bonchev–Trinajstić information content (AvgIpc) is 2.57. The van der Waals surface area contributed by atoms with Gasteiger partial charge in [-0.15, -0.1) is 0 Å². The number of nitrogens with zero attached hydrogens (tertiary/aromatic N) is 3. The van der Waals surface area contributed by atoms with Crippen molar-refractivity contribution in [1.29, 1.82) is 0 Å². The van der Waals surface area contributed by atoms with Crippen LogP contribution < -0.4 is 5.32 Å². The van der Waals surface area contributed by atoms with E-state index in [2.05, 4.69) is 68.8 Å². The summed E-state index contributed by atoms with van der Waals surface area (Å²) in [5.74, 6) is 0. The van der Waals surface area contributed by atoms with Gasteiger partial charge >= 0.3 is 0 Å². The van der Waals surface area contributed by atoms with Crippen molar-refractivity contribution in [2.24, 2.45) is 5.41 Å². The Morgan fingerprint density at radius 1 is 0.923 bits per heavy atom. The van der Waals surface area contributed by atoms with Crippen LogP contribution in [0.1, 0.15) is 27.7 Å². The van der Waals surface area contributed by atoms with Gasteiger partial charge < -0.3 is 14.8 Å². The number of piperazine rings is 1. The maximum absolute atomic E-state index is 5.83. The Morgan fingerprint density at radius 3 is 1.96 bits per heavy atom. The Kier molecular flexibility index (Phi) is 13.7. The predicted octanol–water partition coefficient (Wildman–Crippen LogP) is 1.94. The van der Waals surface area contributed by atoms with E-state index in [0.717, 1.165) is 91.9 Å². The topological polar surface area (TPSA) is 40.2 Å². The molecular weight excluding hydrogens is 443 g/mol. The highest BCUT2D eigenvalue weighted by atomic mass is 127. The average molecular weight is 484 g/mol. The molecule has 7 heteroatoms. The Hall–Kier alpha value is 0.490. The van der Waals surface area contributed by atoms with Crippen molar-refractivity contribution >= 4 is 22.9 Å². The van der Waals surface area contributed by atoms with Crippen LogP contribution in [0.15, 0.2) is 0 Å². The minimum Gasteiger partial charge on any atom is -0.379 e. The van der Waals surface area contributed by atoms with Crippen LogP contribution in [0.25, 0.3) is 0 Å². The van der Waals surface area contributed by atoms with Crippen molar-refractivity contribution in [3.63, 3.8) is 0 Å². The lowest BCUT2D eigenvalue weighted by Gasteiger charge is -2.34. The number of ether oxygens (including phenoxy) is 2. The molecule has 6 nitrogen and oxygen atoms in total. The minimum absolute atomic E-state index is 0.346. The van der Waals surface area contributed by atoms with Crippen molar-refractivity contribution in [3.05, 3.63) is 0 Å². The van der Waals surface area contributed by atoms with E-state index in [0.29, 0.717) is 5.41 Å². The van der Waals surface area contributed by atoms with Gasteiger partial charge in [0.25, 0.3) is 0 Å². The molecule has 26 heavy (non-hydrogen) atoms. The summed E-state index contributed by atoms with van der Waals surface area (Å²) in [4.78, 5) is 5.02. The zero-order valence-electron chi connectivity index (χ0n) is 17.4. The molecule has 1 N–H and O–H groups in total. The van der Waals surface area contributed by atoms with E-state index < -0.39 is 0 Å². The molecule has 1 heterocycles. The van der Waals surface area contributed by atoms with Crippen LogP contribution in [-0.2, 0) is 9.47 Å². The minimum atomic E-state index is 0.346. The number of nitrogens with one attached hydrogen (secondary N) is 1. The van der Waals surface area contributed by atoms with Crippen LogP contribution in [0.2, 0.25) is 0 Å². The number of rotatable bonds is 14. The third-order valence-electron chi connectivity index (χ3n) is 4.37. The molecule has 0 unspecified atom stereocenters. The summed E-state index contributed by atoms with van der Waals surface area (Å²) in [5.41, 5.74) is 0.346. The van der Waals surface area contributed by atoms with Crippen molar-refractivity contribution in [3.8, 4) is 0 Å². The van der Waals surface area contributed by atoms with E-state index in [4.69, 9.17) is 9.47 Å². The molecule has 0 aliphatic carbocycles. The molecular formula is C19H41IN4O2. The first kappa shape index (κ1) is 24.5. The second-order valence-electron chi connectivity index (χ2n) is 8.17. The quantitative estimate of drug-likeness (QED) is 0.231. The number of hydrogen-bond donors (Lipinski definition) is 1. The molecule has 0 atom stereocenters. The number of likely N-dealkylation sites (N-methyl/N-ethyl adjacent to an activating group) is 1. The molecule has 1 aliphatic heterocycles. The SMILES string of the molecule is CCNCCOCCN1CCN(CCOCCN(I)CC(C)(C)C)CC1. The van der Waals surface area contributed by atoms with Gasteiger partial charge in [-0.25, -0.2) is 3.11 Å². The van der Waals surface area contributed by atoms with Crippen molar-refractivity contribution in [2.45, 2.75) is 27.7 Å². The van der Waals surface area contributed by atoms with Gasteiger partial charge in [0.1, 0.15) is 0 Å². The van der Waals surface area contributed by atoms with E-state index in [1.165, 1.54) is 0 Å². The Bertz CT molecular complexity index is 334. The van der Waals surface area contributed by atoms with Crippen LogP contribution in [0.3, 0.4) is 0 Å². The summed E-state index contributed by atoms with van der Waals surface area (Å²) in [6, 6.07) is 0. The zero-order chi connectivity index (χ0) is 19.3. The Morgan fingerprint density at radius 2 is 1.46 bits per heavy atom. The lowest BCUT2D eigenvalue weighted by Crippen LogP contribution is -2.48. The van der Waals surface area contributed by atoms with E-state index in [-0.39, 0.29) is 0 Å². The second kappa shape index (κ2) is 14.5. The lowest BCUT2D eigenvalue weighted by atomic mass is 9.97. The van der Waals surface area contributed by atoms with Gasteiger partial charge in [-0.05, 0) is 12.0 Å². The fourth-order valence-corrected chi connectivity index (χ4v) is 4.13. The highest BCUT2D eigenvalue weighted by Crippen LogP contribution is 2.17. The van der Waals surface area contributed by atoms with Gasteiger partial charge in [0.05, 0.1) is 26.4 Å². The van der Waals surface area contributed by atoms with Crippen LogP contribution in [0, 0.1) is 5.41 Å². The molecule has 1 rings (SSSR count). The molecule has 0 bridgehead atoms. The highest BCUT2D eigenvalue weighted by molar-refractivity contribution is 14.1. The Labute approximate surface area is 175 Å². The number of halogens is 1. The van der Waals surface area contributed by atoms with E-state index in [1.807, 2.05) is 0 Å². The van der Waals surface area contributed by atoms with Crippen molar-refractivity contribution in [2.75, 3.05) is 91.9 Å². The molecule has 0 aromatic heterocycles. The van der Waals surface area contributed by atoms with Crippen molar-refractivity contribution in [1.82, 2.24) is 18.2 Å². The van der Waals surface area contributed by atoms with Gasteiger partial charge in [-0.1, -0.05) is 27.7 Å². The molecule has 0 aromatic carbocycles. The van der Waals surface area contributed by atoms with Crippen LogP contribution in [0.5, 0.6) is 0 Å². The fraction of sp³-hybridized carbons (Fsp3) is 1.00. The summed E-state index contributed by atoms with van der Waals surface area (Å²) < 4.78 is 13.8. The molecule has 0 radical (unpaired) electrons. The van der Waals surface area contributed by atoms with Crippen LogP contribution in [0.4, 0.5) is 0 Å². The molecule has 1 fully saturated rings.